The summed E-state index contributed by atoms with van der Waals surface area (Å²) in [5.74, 6) is 0. The lowest BCUT2D eigenvalue weighted by molar-refractivity contribution is 0.592. The molecule has 5 aromatic carbocycles. The molecule has 1 nitrogen and oxygen atoms in total. The zero-order chi connectivity index (χ0) is 23.8. The van der Waals surface area contributed by atoms with Crippen LogP contribution in [-0.2, 0) is 17.4 Å². The molecule has 0 saturated heterocycles. The fourth-order valence-electron chi connectivity index (χ4n) is 5.37. The highest BCUT2D eigenvalue weighted by molar-refractivity contribution is 7.85. The van der Waals surface area contributed by atoms with Crippen LogP contribution in [0.4, 0.5) is 0 Å². The van der Waals surface area contributed by atoms with Gasteiger partial charge in [-0.15, -0.1) is 0 Å². The summed E-state index contributed by atoms with van der Waals surface area (Å²) in [4.78, 5) is 0. The average Bonchev–Trinajstić information content (AvgIpc) is 3.29. The third-order valence-electron chi connectivity index (χ3n) is 7.13. The Bertz CT molecular complexity index is 1570. The Hall–Kier alpha value is -3.67. The second-order valence-electron chi connectivity index (χ2n) is 9.37. The number of fused-ring (bicyclic) bond motifs is 3. The standard InChI is InChI=1S/C33H27OP/c1-24-18-20-25(21-19-24)22-27-11-6-8-16-32(27)35(34,28-12-3-2-4-13-28)33-17-9-15-30-29-14-7-5-10-26(29)23-31(30)33/h2-21H,22-23H2,1H3. The van der Waals surface area contributed by atoms with Crippen LogP contribution in [0.2, 0.25) is 0 Å². The third-order valence-corrected chi connectivity index (χ3v) is 10.4. The minimum absolute atomic E-state index is 0.753. The summed E-state index contributed by atoms with van der Waals surface area (Å²) >= 11 is 0. The predicted octanol–water partition coefficient (Wildman–Crippen LogP) is 6.80. The van der Waals surface area contributed by atoms with Gasteiger partial charge in [-0.3, -0.25) is 0 Å². The first-order valence-electron chi connectivity index (χ1n) is 12.1. The summed E-state index contributed by atoms with van der Waals surface area (Å²) in [5, 5.41) is 2.80. The van der Waals surface area contributed by atoms with Gasteiger partial charge in [-0.1, -0.05) is 127 Å². The van der Waals surface area contributed by atoms with Crippen molar-refractivity contribution in [3.8, 4) is 11.1 Å². The normalized spacial score (nSPS) is 13.6. The monoisotopic (exact) mass is 470 g/mol. The van der Waals surface area contributed by atoms with Crippen LogP contribution in [0.25, 0.3) is 11.1 Å². The lowest BCUT2D eigenvalue weighted by Gasteiger charge is -2.25. The summed E-state index contributed by atoms with van der Waals surface area (Å²) in [6.45, 7) is 2.11. The highest BCUT2D eigenvalue weighted by Gasteiger charge is 2.36. The molecule has 1 atom stereocenters. The number of hydrogen-bond acceptors (Lipinski definition) is 1. The van der Waals surface area contributed by atoms with Gasteiger partial charge in [-0.05, 0) is 53.1 Å². The Morgan fingerprint density at radius 2 is 1.29 bits per heavy atom. The van der Waals surface area contributed by atoms with Crippen LogP contribution in [0.1, 0.15) is 27.8 Å². The van der Waals surface area contributed by atoms with Gasteiger partial charge in [-0.2, -0.15) is 0 Å². The van der Waals surface area contributed by atoms with Gasteiger partial charge in [-0.25, -0.2) is 0 Å². The maximum absolute atomic E-state index is 15.6. The van der Waals surface area contributed by atoms with E-state index in [1.807, 2.05) is 36.4 Å². The topological polar surface area (TPSA) is 17.1 Å². The Balaban J connectivity index is 1.57. The zero-order valence-corrected chi connectivity index (χ0v) is 20.7. The van der Waals surface area contributed by atoms with Gasteiger partial charge in [0.1, 0.15) is 0 Å². The van der Waals surface area contributed by atoms with Crippen LogP contribution in [0.3, 0.4) is 0 Å². The summed E-state index contributed by atoms with van der Waals surface area (Å²) in [6.07, 6.45) is 1.57. The molecule has 2 heteroatoms. The van der Waals surface area contributed by atoms with E-state index >= 15 is 4.57 Å². The molecule has 170 valence electrons. The van der Waals surface area contributed by atoms with Crippen molar-refractivity contribution < 1.29 is 4.57 Å². The van der Waals surface area contributed by atoms with E-state index in [2.05, 4.69) is 91.9 Å². The maximum atomic E-state index is 15.6. The smallest absolute Gasteiger partial charge is 0.171 e. The lowest BCUT2D eigenvalue weighted by Crippen LogP contribution is -2.29. The van der Waals surface area contributed by atoms with Crippen LogP contribution < -0.4 is 15.9 Å². The molecule has 0 radical (unpaired) electrons. The first-order chi connectivity index (χ1) is 17.1. The van der Waals surface area contributed by atoms with Crippen molar-refractivity contribution in [1.29, 1.82) is 0 Å². The molecule has 0 N–H and O–H groups in total. The molecular formula is C33H27OP. The van der Waals surface area contributed by atoms with E-state index in [4.69, 9.17) is 0 Å². The largest absolute Gasteiger partial charge is 0.309 e. The minimum Gasteiger partial charge on any atom is -0.309 e. The van der Waals surface area contributed by atoms with Crippen molar-refractivity contribution in [2.45, 2.75) is 19.8 Å². The highest BCUT2D eigenvalue weighted by Crippen LogP contribution is 2.48. The molecule has 0 spiro atoms. The predicted molar refractivity (Wildman–Crippen MR) is 148 cm³/mol. The maximum Gasteiger partial charge on any atom is 0.171 e. The van der Waals surface area contributed by atoms with E-state index in [0.29, 0.717) is 0 Å². The van der Waals surface area contributed by atoms with Gasteiger partial charge in [0.25, 0.3) is 0 Å². The van der Waals surface area contributed by atoms with Crippen molar-refractivity contribution in [2.24, 2.45) is 0 Å². The van der Waals surface area contributed by atoms with Crippen molar-refractivity contribution in [1.82, 2.24) is 0 Å². The molecular weight excluding hydrogens is 443 g/mol. The molecule has 1 aliphatic carbocycles. The second-order valence-corrected chi connectivity index (χ2v) is 12.1. The lowest BCUT2D eigenvalue weighted by atomic mass is 10.0. The Labute approximate surface area is 207 Å². The molecule has 5 aromatic rings. The van der Waals surface area contributed by atoms with E-state index in [0.717, 1.165) is 34.3 Å². The molecule has 0 aromatic heterocycles. The van der Waals surface area contributed by atoms with Crippen LogP contribution >= 0.6 is 7.14 Å². The van der Waals surface area contributed by atoms with Gasteiger partial charge in [0.2, 0.25) is 0 Å². The fraction of sp³-hybridized carbons (Fsp3) is 0.0909. The van der Waals surface area contributed by atoms with Gasteiger partial charge in [0.05, 0.1) is 0 Å². The van der Waals surface area contributed by atoms with Gasteiger partial charge in [0.15, 0.2) is 7.14 Å². The second kappa shape index (κ2) is 8.84. The molecule has 0 amide bonds. The van der Waals surface area contributed by atoms with Gasteiger partial charge < -0.3 is 4.57 Å². The molecule has 0 saturated carbocycles. The van der Waals surface area contributed by atoms with Gasteiger partial charge in [0, 0.05) is 15.9 Å². The SMILES string of the molecule is Cc1ccc(Cc2ccccc2P(=O)(c2ccccc2)c2cccc3c2Cc2ccccc2-3)cc1. The molecule has 0 bridgehead atoms. The van der Waals surface area contributed by atoms with Crippen molar-refractivity contribution in [2.75, 3.05) is 0 Å². The molecule has 1 aliphatic rings. The van der Waals surface area contributed by atoms with Crippen LogP contribution in [0.15, 0.2) is 121 Å². The number of hydrogen-bond donors (Lipinski definition) is 0. The molecule has 0 aliphatic heterocycles. The molecule has 1 unspecified atom stereocenters. The number of benzene rings is 5. The van der Waals surface area contributed by atoms with E-state index in [1.54, 1.807) is 0 Å². The Kier molecular flexibility index (Phi) is 5.51. The first-order valence-corrected chi connectivity index (χ1v) is 13.9. The minimum atomic E-state index is -3.13. The molecule has 35 heavy (non-hydrogen) atoms. The molecule has 0 heterocycles. The Morgan fingerprint density at radius 1 is 0.629 bits per heavy atom. The fourth-order valence-corrected chi connectivity index (χ4v) is 8.51. The Morgan fingerprint density at radius 3 is 2.11 bits per heavy atom. The third kappa shape index (κ3) is 3.77. The summed E-state index contributed by atoms with van der Waals surface area (Å²) in [5.41, 5.74) is 8.58. The molecule has 0 fully saturated rings. The van der Waals surface area contributed by atoms with E-state index < -0.39 is 7.14 Å². The first kappa shape index (κ1) is 21.8. The zero-order valence-electron chi connectivity index (χ0n) is 19.8. The molecule has 6 rings (SSSR count). The van der Waals surface area contributed by atoms with Gasteiger partial charge >= 0.3 is 0 Å². The van der Waals surface area contributed by atoms with Crippen molar-refractivity contribution in [3.63, 3.8) is 0 Å². The van der Waals surface area contributed by atoms with Crippen LogP contribution in [0.5, 0.6) is 0 Å². The van der Waals surface area contributed by atoms with Crippen molar-refractivity contribution in [3.05, 3.63) is 149 Å². The van der Waals surface area contributed by atoms with E-state index in [1.165, 1.54) is 33.4 Å². The summed E-state index contributed by atoms with van der Waals surface area (Å²) in [6, 6.07) is 42.0. The van der Waals surface area contributed by atoms with Crippen LogP contribution in [-0.4, -0.2) is 0 Å². The highest BCUT2D eigenvalue weighted by atomic mass is 31.2. The number of rotatable bonds is 5. The summed E-state index contributed by atoms with van der Waals surface area (Å²) in [7, 11) is -3.13. The summed E-state index contributed by atoms with van der Waals surface area (Å²) < 4.78 is 15.6. The van der Waals surface area contributed by atoms with E-state index in [9.17, 15) is 0 Å². The average molecular weight is 471 g/mol. The quantitative estimate of drug-likeness (QED) is 0.253. The number of aryl methyl sites for hydroxylation is 1. The van der Waals surface area contributed by atoms with E-state index in [-0.39, 0.29) is 0 Å². The van der Waals surface area contributed by atoms with Crippen LogP contribution in [0, 0.1) is 6.92 Å². The van der Waals surface area contributed by atoms with Crippen molar-refractivity contribution >= 4 is 23.1 Å².